The number of aromatic nitrogens is 3. The molecule has 0 aliphatic heterocycles. The van der Waals surface area contributed by atoms with E-state index in [9.17, 15) is 18.0 Å². The summed E-state index contributed by atoms with van der Waals surface area (Å²) >= 11 is 0. The minimum absolute atomic E-state index is 0.0358. The third kappa shape index (κ3) is 2.39. The number of hydrogen-bond acceptors (Lipinski definition) is 2. The van der Waals surface area contributed by atoms with Gasteiger partial charge in [0.15, 0.2) is 5.69 Å². The van der Waals surface area contributed by atoms with E-state index in [1.54, 1.807) is 31.2 Å². The summed E-state index contributed by atoms with van der Waals surface area (Å²) in [5, 5.41) is 5.02. The first kappa shape index (κ1) is 15.4. The summed E-state index contributed by atoms with van der Waals surface area (Å²) in [5.41, 5.74) is -0.931. The largest absolute Gasteiger partial charge is 0.435 e. The maximum Gasteiger partial charge on any atom is 0.435 e. The zero-order valence-electron chi connectivity index (χ0n) is 13.1. The van der Waals surface area contributed by atoms with Crippen molar-refractivity contribution in [3.05, 3.63) is 70.3 Å². The number of halogens is 3. The summed E-state index contributed by atoms with van der Waals surface area (Å²) in [7, 11) is 0. The van der Waals surface area contributed by atoms with Gasteiger partial charge in [0.05, 0.1) is 5.56 Å². The molecule has 0 bridgehead atoms. The van der Waals surface area contributed by atoms with Crippen molar-refractivity contribution in [1.82, 2.24) is 14.6 Å². The van der Waals surface area contributed by atoms with Crippen molar-refractivity contribution >= 4 is 16.4 Å². The van der Waals surface area contributed by atoms with E-state index in [0.29, 0.717) is 16.6 Å². The summed E-state index contributed by atoms with van der Waals surface area (Å²) in [4.78, 5) is 15.0. The molecule has 0 saturated heterocycles. The molecule has 0 aliphatic carbocycles. The lowest BCUT2D eigenvalue weighted by Gasteiger charge is -2.09. The van der Waals surface area contributed by atoms with Gasteiger partial charge in [-0.1, -0.05) is 42.5 Å². The topological polar surface area (TPSA) is 50.2 Å². The van der Waals surface area contributed by atoms with Gasteiger partial charge in [-0.25, -0.2) is 0 Å². The van der Waals surface area contributed by atoms with Crippen LogP contribution in [0.25, 0.3) is 27.5 Å². The molecule has 0 spiro atoms. The van der Waals surface area contributed by atoms with Gasteiger partial charge in [-0.2, -0.15) is 22.8 Å². The number of nitrogens with one attached hydrogen (secondary N) is 1. The summed E-state index contributed by atoms with van der Waals surface area (Å²) in [6, 6.07) is 13.5. The van der Waals surface area contributed by atoms with Crippen LogP contribution in [0.5, 0.6) is 0 Å². The van der Waals surface area contributed by atoms with Gasteiger partial charge in [0.25, 0.3) is 5.56 Å². The number of aryl methyl sites for hydroxylation is 1. The summed E-state index contributed by atoms with van der Waals surface area (Å²) in [6.07, 6.45) is -4.69. The first-order valence-corrected chi connectivity index (χ1v) is 7.54. The van der Waals surface area contributed by atoms with Crippen LogP contribution >= 0.6 is 0 Å². The van der Waals surface area contributed by atoms with E-state index in [4.69, 9.17) is 0 Å². The maximum absolute atomic E-state index is 13.6. The second-order valence-electron chi connectivity index (χ2n) is 5.80. The van der Waals surface area contributed by atoms with Crippen LogP contribution in [0, 0.1) is 6.92 Å². The SMILES string of the molecule is Cc1cc(=O)n2nc(C(F)(F)F)c(-c3cccc4ccccc34)c2[nH]1. The van der Waals surface area contributed by atoms with E-state index >= 15 is 0 Å². The average Bonchev–Trinajstić information content (AvgIpc) is 2.94. The lowest BCUT2D eigenvalue weighted by atomic mass is 9.98. The molecule has 0 atom stereocenters. The van der Waals surface area contributed by atoms with Crippen LogP contribution in [0.3, 0.4) is 0 Å². The number of aromatic amines is 1. The first-order valence-electron chi connectivity index (χ1n) is 7.54. The number of hydrogen-bond donors (Lipinski definition) is 1. The van der Waals surface area contributed by atoms with Gasteiger partial charge in [-0.05, 0) is 23.3 Å². The number of benzene rings is 2. The molecule has 0 fully saturated rings. The fourth-order valence-electron chi connectivity index (χ4n) is 3.06. The van der Waals surface area contributed by atoms with Crippen molar-refractivity contribution in [2.45, 2.75) is 13.1 Å². The normalized spacial score (nSPS) is 12.2. The first-order chi connectivity index (χ1) is 11.9. The molecule has 0 amide bonds. The standard InChI is InChI=1S/C18H12F3N3O/c1-10-9-14(25)24-17(22-10)15(16(23-24)18(19,20)21)13-8-4-6-11-5-2-3-7-12(11)13/h2-9,22H,1H3. The van der Waals surface area contributed by atoms with E-state index in [0.717, 1.165) is 9.90 Å². The van der Waals surface area contributed by atoms with Gasteiger partial charge in [0, 0.05) is 11.8 Å². The maximum atomic E-state index is 13.6. The Balaban J connectivity index is 2.21. The predicted molar refractivity (Wildman–Crippen MR) is 88.5 cm³/mol. The van der Waals surface area contributed by atoms with Gasteiger partial charge in [-0.15, -0.1) is 0 Å². The van der Waals surface area contributed by atoms with E-state index in [-0.39, 0.29) is 11.2 Å². The zero-order valence-corrected chi connectivity index (χ0v) is 13.1. The van der Waals surface area contributed by atoms with Gasteiger partial charge in [0.2, 0.25) is 0 Å². The summed E-state index contributed by atoms with van der Waals surface area (Å²) < 4.78 is 41.6. The molecule has 25 heavy (non-hydrogen) atoms. The lowest BCUT2D eigenvalue weighted by Crippen LogP contribution is -2.15. The minimum atomic E-state index is -4.69. The Kier molecular flexibility index (Phi) is 3.21. The van der Waals surface area contributed by atoms with Crippen molar-refractivity contribution in [1.29, 1.82) is 0 Å². The Bertz CT molecular complexity index is 1170. The fourth-order valence-corrected chi connectivity index (χ4v) is 3.06. The van der Waals surface area contributed by atoms with Gasteiger partial charge in [0.1, 0.15) is 5.65 Å². The van der Waals surface area contributed by atoms with Crippen LogP contribution in [0.2, 0.25) is 0 Å². The molecule has 4 aromatic rings. The van der Waals surface area contributed by atoms with E-state index in [2.05, 4.69) is 10.1 Å². The Morgan fingerprint density at radius 3 is 2.56 bits per heavy atom. The Labute approximate surface area is 139 Å². The number of alkyl halides is 3. The molecule has 2 aromatic carbocycles. The Morgan fingerprint density at radius 1 is 1.08 bits per heavy atom. The summed E-state index contributed by atoms with van der Waals surface area (Å²) in [6.45, 7) is 1.62. The highest BCUT2D eigenvalue weighted by Crippen LogP contribution is 2.40. The molecular weight excluding hydrogens is 331 g/mol. The monoisotopic (exact) mass is 343 g/mol. The van der Waals surface area contributed by atoms with E-state index in [1.165, 1.54) is 6.07 Å². The lowest BCUT2D eigenvalue weighted by molar-refractivity contribution is -0.140. The molecule has 0 aliphatic rings. The van der Waals surface area contributed by atoms with Gasteiger partial charge in [-0.3, -0.25) is 4.79 Å². The molecule has 0 saturated carbocycles. The molecule has 4 rings (SSSR count). The Hall–Kier alpha value is -3.09. The molecule has 126 valence electrons. The van der Waals surface area contributed by atoms with Gasteiger partial charge >= 0.3 is 6.18 Å². The molecular formula is C18H12F3N3O. The van der Waals surface area contributed by atoms with Crippen LogP contribution in [0.1, 0.15) is 11.4 Å². The zero-order chi connectivity index (χ0) is 17.8. The number of H-pyrrole nitrogens is 1. The average molecular weight is 343 g/mol. The van der Waals surface area contributed by atoms with Gasteiger partial charge < -0.3 is 4.98 Å². The molecule has 0 radical (unpaired) electrons. The molecule has 4 nitrogen and oxygen atoms in total. The van der Waals surface area contributed by atoms with Crippen molar-refractivity contribution in [3.63, 3.8) is 0 Å². The van der Waals surface area contributed by atoms with Crippen molar-refractivity contribution in [2.24, 2.45) is 0 Å². The Morgan fingerprint density at radius 2 is 1.80 bits per heavy atom. The smallest absolute Gasteiger partial charge is 0.343 e. The number of nitrogens with zero attached hydrogens (tertiary/aromatic N) is 2. The van der Waals surface area contributed by atoms with Crippen LogP contribution in [0.4, 0.5) is 13.2 Å². The number of fused-ring (bicyclic) bond motifs is 2. The molecule has 2 aromatic heterocycles. The highest BCUT2D eigenvalue weighted by atomic mass is 19.4. The quantitative estimate of drug-likeness (QED) is 0.564. The van der Waals surface area contributed by atoms with Crippen LogP contribution in [0.15, 0.2) is 53.3 Å². The fraction of sp³-hybridized carbons (Fsp3) is 0.111. The van der Waals surface area contributed by atoms with Crippen LogP contribution < -0.4 is 5.56 Å². The highest BCUT2D eigenvalue weighted by molar-refractivity contribution is 6.00. The van der Waals surface area contributed by atoms with E-state index in [1.807, 2.05) is 18.2 Å². The summed E-state index contributed by atoms with van der Waals surface area (Å²) in [5.74, 6) is 0. The van der Waals surface area contributed by atoms with Crippen LogP contribution in [-0.4, -0.2) is 14.6 Å². The van der Waals surface area contributed by atoms with Crippen LogP contribution in [-0.2, 0) is 6.18 Å². The highest BCUT2D eigenvalue weighted by Gasteiger charge is 2.39. The number of rotatable bonds is 1. The minimum Gasteiger partial charge on any atom is -0.343 e. The second-order valence-corrected chi connectivity index (χ2v) is 5.80. The molecule has 1 N–H and O–H groups in total. The molecule has 2 heterocycles. The predicted octanol–water partition coefficient (Wildman–Crippen LogP) is 4.17. The van der Waals surface area contributed by atoms with E-state index < -0.39 is 17.4 Å². The van der Waals surface area contributed by atoms with Crippen molar-refractivity contribution in [2.75, 3.05) is 0 Å². The third-order valence-electron chi connectivity index (χ3n) is 4.08. The van der Waals surface area contributed by atoms with Crippen molar-refractivity contribution < 1.29 is 13.2 Å². The van der Waals surface area contributed by atoms with Crippen molar-refractivity contribution in [3.8, 4) is 11.1 Å². The third-order valence-corrected chi connectivity index (χ3v) is 4.08. The second kappa shape index (κ2) is 5.20. The molecule has 0 unspecified atom stereocenters. The molecule has 7 heteroatoms.